The van der Waals surface area contributed by atoms with Gasteiger partial charge in [-0.05, 0) is 37.3 Å². The highest BCUT2D eigenvalue weighted by atomic mass is 35.5. The van der Waals surface area contributed by atoms with Crippen LogP contribution in [-0.2, 0) is 4.79 Å². The molecule has 26 heavy (non-hydrogen) atoms. The Kier molecular flexibility index (Phi) is 6.89. The summed E-state index contributed by atoms with van der Waals surface area (Å²) in [6, 6.07) is 13.9. The van der Waals surface area contributed by atoms with Crippen LogP contribution in [0.4, 0.5) is 11.4 Å². The molecular formula is C19H18ClN3O3. The number of methoxy groups -OCH3 is 1. The van der Waals surface area contributed by atoms with E-state index in [1.807, 2.05) is 25.1 Å². The number of hydrogen-bond acceptors (Lipinski definition) is 5. The predicted molar refractivity (Wildman–Crippen MR) is 102 cm³/mol. The minimum Gasteiger partial charge on any atom is -0.495 e. The number of ether oxygens (including phenoxy) is 2. The second-order valence-corrected chi connectivity index (χ2v) is 5.48. The summed E-state index contributed by atoms with van der Waals surface area (Å²) >= 11 is 5.95. The van der Waals surface area contributed by atoms with Crippen LogP contribution >= 0.6 is 11.6 Å². The van der Waals surface area contributed by atoms with Gasteiger partial charge in [-0.15, -0.1) is 0 Å². The van der Waals surface area contributed by atoms with Crippen LogP contribution in [0.3, 0.4) is 0 Å². The Hall–Kier alpha value is -3.17. The van der Waals surface area contributed by atoms with Gasteiger partial charge in [0.25, 0.3) is 5.91 Å². The minimum absolute atomic E-state index is 0.113. The summed E-state index contributed by atoms with van der Waals surface area (Å²) in [5, 5.41) is 15.3. The Morgan fingerprint density at radius 3 is 2.69 bits per heavy atom. The molecule has 2 aromatic carbocycles. The number of nitrogens with zero attached hydrogens (tertiary/aromatic N) is 1. The maximum Gasteiger partial charge on any atom is 0.267 e. The molecule has 0 atom stereocenters. The molecule has 0 radical (unpaired) electrons. The van der Waals surface area contributed by atoms with E-state index in [2.05, 4.69) is 10.6 Å². The molecule has 6 nitrogen and oxygen atoms in total. The summed E-state index contributed by atoms with van der Waals surface area (Å²) in [5.41, 5.74) is 0.912. The van der Waals surface area contributed by atoms with E-state index in [0.29, 0.717) is 34.5 Å². The lowest BCUT2D eigenvalue weighted by atomic mass is 10.2. The van der Waals surface area contributed by atoms with Crippen LogP contribution in [0.2, 0.25) is 5.02 Å². The number of para-hydroxylation sites is 2. The normalized spacial score (nSPS) is 10.6. The molecule has 0 aliphatic heterocycles. The van der Waals surface area contributed by atoms with Crippen LogP contribution in [0, 0.1) is 11.3 Å². The van der Waals surface area contributed by atoms with Crippen LogP contribution in [0.15, 0.2) is 54.2 Å². The maximum atomic E-state index is 12.4. The molecule has 0 aliphatic carbocycles. The molecule has 0 aliphatic rings. The monoisotopic (exact) mass is 371 g/mol. The second kappa shape index (κ2) is 9.35. The summed E-state index contributed by atoms with van der Waals surface area (Å²) in [6.07, 6.45) is 1.32. The SMILES string of the molecule is CCOc1ccccc1N/C=C(/C#N)C(=O)Nc1cc(Cl)ccc1OC. The number of anilines is 2. The fourth-order valence-corrected chi connectivity index (χ4v) is 2.31. The number of carbonyl (C=O) groups excluding carboxylic acids is 1. The first-order valence-corrected chi connectivity index (χ1v) is 8.20. The molecule has 0 aromatic heterocycles. The molecule has 2 aromatic rings. The molecule has 7 heteroatoms. The highest BCUT2D eigenvalue weighted by molar-refractivity contribution is 6.31. The number of amides is 1. The number of benzene rings is 2. The van der Waals surface area contributed by atoms with Crippen LogP contribution in [0.5, 0.6) is 11.5 Å². The largest absolute Gasteiger partial charge is 0.495 e. The first-order chi connectivity index (χ1) is 12.6. The van der Waals surface area contributed by atoms with Gasteiger partial charge in [0.2, 0.25) is 0 Å². The van der Waals surface area contributed by atoms with Gasteiger partial charge in [-0.2, -0.15) is 5.26 Å². The number of carbonyl (C=O) groups is 1. The summed E-state index contributed by atoms with van der Waals surface area (Å²) in [4.78, 5) is 12.4. The van der Waals surface area contributed by atoms with Gasteiger partial charge >= 0.3 is 0 Å². The third-order valence-corrected chi connectivity index (χ3v) is 3.57. The van der Waals surface area contributed by atoms with E-state index in [0.717, 1.165) is 0 Å². The number of halogens is 1. The first-order valence-electron chi connectivity index (χ1n) is 7.82. The standard InChI is InChI=1S/C19H18ClN3O3/c1-3-26-18-7-5-4-6-15(18)22-12-13(11-21)19(24)23-16-10-14(20)8-9-17(16)25-2/h4-10,12,22H,3H2,1-2H3,(H,23,24)/b13-12-. The van der Waals surface area contributed by atoms with Crippen LogP contribution < -0.4 is 20.1 Å². The second-order valence-electron chi connectivity index (χ2n) is 5.04. The quantitative estimate of drug-likeness (QED) is 0.562. The average Bonchev–Trinajstić information content (AvgIpc) is 2.64. The van der Waals surface area contributed by atoms with Gasteiger partial charge in [-0.25, -0.2) is 0 Å². The van der Waals surface area contributed by atoms with Crippen molar-refractivity contribution < 1.29 is 14.3 Å². The van der Waals surface area contributed by atoms with Gasteiger partial charge in [-0.3, -0.25) is 4.79 Å². The molecule has 0 unspecified atom stereocenters. The zero-order valence-corrected chi connectivity index (χ0v) is 15.1. The lowest BCUT2D eigenvalue weighted by Gasteiger charge is -2.11. The van der Waals surface area contributed by atoms with E-state index in [1.165, 1.54) is 13.3 Å². The van der Waals surface area contributed by atoms with Crippen molar-refractivity contribution in [2.75, 3.05) is 24.4 Å². The Labute approximate surface area is 157 Å². The molecule has 0 heterocycles. The molecule has 0 saturated heterocycles. The van der Waals surface area contributed by atoms with Gasteiger partial charge in [0.05, 0.1) is 25.1 Å². The fraction of sp³-hybridized carbons (Fsp3) is 0.158. The zero-order chi connectivity index (χ0) is 18.9. The lowest BCUT2D eigenvalue weighted by Crippen LogP contribution is -2.15. The Balaban J connectivity index is 2.18. The third-order valence-electron chi connectivity index (χ3n) is 3.33. The summed E-state index contributed by atoms with van der Waals surface area (Å²) < 4.78 is 10.7. The maximum absolute atomic E-state index is 12.4. The van der Waals surface area contributed by atoms with Gasteiger partial charge in [0, 0.05) is 11.2 Å². The van der Waals surface area contributed by atoms with E-state index >= 15 is 0 Å². The molecular weight excluding hydrogens is 354 g/mol. The van der Waals surface area contributed by atoms with Crippen molar-refractivity contribution in [3.05, 3.63) is 59.3 Å². The van der Waals surface area contributed by atoms with Crippen LogP contribution in [0.25, 0.3) is 0 Å². The summed E-state index contributed by atoms with van der Waals surface area (Å²) in [6.45, 7) is 2.38. The third kappa shape index (κ3) is 4.91. The Morgan fingerprint density at radius 1 is 1.23 bits per heavy atom. The van der Waals surface area contributed by atoms with Gasteiger partial charge in [0.15, 0.2) is 0 Å². The Morgan fingerprint density at radius 2 is 2.00 bits per heavy atom. The van der Waals surface area contributed by atoms with E-state index in [9.17, 15) is 10.1 Å². The van der Waals surface area contributed by atoms with Crippen LogP contribution in [-0.4, -0.2) is 19.6 Å². The number of nitriles is 1. The van der Waals surface area contributed by atoms with Gasteiger partial charge in [0.1, 0.15) is 23.1 Å². The van der Waals surface area contributed by atoms with E-state index in [1.54, 1.807) is 30.3 Å². The van der Waals surface area contributed by atoms with Crippen molar-refractivity contribution in [2.24, 2.45) is 0 Å². The molecule has 0 bridgehead atoms. The predicted octanol–water partition coefficient (Wildman–Crippen LogP) is 4.21. The number of nitrogens with one attached hydrogen (secondary N) is 2. The molecule has 0 spiro atoms. The zero-order valence-electron chi connectivity index (χ0n) is 14.4. The molecule has 2 N–H and O–H groups in total. The Bertz CT molecular complexity index is 859. The lowest BCUT2D eigenvalue weighted by molar-refractivity contribution is -0.112. The van der Waals surface area contributed by atoms with Crippen molar-refractivity contribution >= 4 is 28.9 Å². The van der Waals surface area contributed by atoms with Crippen molar-refractivity contribution in [3.8, 4) is 17.6 Å². The first kappa shape index (κ1) is 19.2. The molecule has 2 rings (SSSR count). The highest BCUT2D eigenvalue weighted by Gasteiger charge is 2.13. The fourth-order valence-electron chi connectivity index (χ4n) is 2.13. The molecule has 0 saturated carbocycles. The van der Waals surface area contributed by atoms with Crippen molar-refractivity contribution in [1.82, 2.24) is 0 Å². The van der Waals surface area contributed by atoms with Crippen molar-refractivity contribution in [3.63, 3.8) is 0 Å². The topological polar surface area (TPSA) is 83.4 Å². The van der Waals surface area contributed by atoms with Crippen LogP contribution in [0.1, 0.15) is 6.92 Å². The van der Waals surface area contributed by atoms with E-state index < -0.39 is 5.91 Å². The molecule has 0 fully saturated rings. The van der Waals surface area contributed by atoms with E-state index in [-0.39, 0.29) is 5.57 Å². The van der Waals surface area contributed by atoms with E-state index in [4.69, 9.17) is 21.1 Å². The minimum atomic E-state index is -0.588. The highest BCUT2D eigenvalue weighted by Crippen LogP contribution is 2.28. The molecule has 1 amide bonds. The van der Waals surface area contributed by atoms with Gasteiger partial charge in [-0.1, -0.05) is 23.7 Å². The number of rotatable bonds is 7. The smallest absolute Gasteiger partial charge is 0.267 e. The molecule has 134 valence electrons. The van der Waals surface area contributed by atoms with Crippen molar-refractivity contribution in [2.45, 2.75) is 6.92 Å². The van der Waals surface area contributed by atoms with Gasteiger partial charge < -0.3 is 20.1 Å². The summed E-state index contributed by atoms with van der Waals surface area (Å²) in [7, 11) is 1.48. The van der Waals surface area contributed by atoms with Crippen molar-refractivity contribution in [1.29, 1.82) is 5.26 Å². The number of hydrogen-bond donors (Lipinski definition) is 2. The average molecular weight is 372 g/mol. The summed E-state index contributed by atoms with van der Waals surface area (Å²) in [5.74, 6) is 0.476.